The molecule has 6 heteroatoms. The molecular weight excluding hydrogens is 456 g/mol. The van der Waals surface area contributed by atoms with E-state index >= 15 is 0 Å². The number of unbranched alkanes of at least 4 members (excludes halogenated alkanes) is 9. The van der Waals surface area contributed by atoms with Gasteiger partial charge in [-0.1, -0.05) is 64.7 Å². The summed E-state index contributed by atoms with van der Waals surface area (Å²) < 4.78 is 10.8. The molecule has 0 radical (unpaired) electrons. The Hall–Kier alpha value is -2.31. The summed E-state index contributed by atoms with van der Waals surface area (Å²) in [7, 11) is 0. The fraction of sp³-hybridized carbons (Fsp3) is 0.552. The number of benzene rings is 2. The van der Waals surface area contributed by atoms with Gasteiger partial charge in [0.1, 0.15) is 11.5 Å². The summed E-state index contributed by atoms with van der Waals surface area (Å²) in [6.07, 6.45) is 13.3. The minimum absolute atomic E-state index is 0.372. The molecule has 2 aromatic rings. The Morgan fingerprint density at radius 3 is 1.34 bits per heavy atom. The van der Waals surface area contributed by atoms with Crippen LogP contribution in [0.5, 0.6) is 11.5 Å². The van der Waals surface area contributed by atoms with E-state index in [0.717, 1.165) is 29.3 Å². The number of hydrogen-bond donors (Lipinski definition) is 3. The zero-order valence-electron chi connectivity index (χ0n) is 22.0. The summed E-state index contributed by atoms with van der Waals surface area (Å²) in [4.78, 5) is 0. The van der Waals surface area contributed by atoms with E-state index < -0.39 is 0 Å². The third-order valence-corrected chi connectivity index (χ3v) is 5.56. The highest BCUT2D eigenvalue weighted by Crippen LogP contribution is 2.18. The van der Waals surface area contributed by atoms with E-state index in [1.807, 2.05) is 62.4 Å². The van der Waals surface area contributed by atoms with Crippen LogP contribution in [0.15, 0.2) is 48.5 Å². The second kappa shape index (κ2) is 21.0. The van der Waals surface area contributed by atoms with Gasteiger partial charge in [0.2, 0.25) is 0 Å². The number of rotatable bonds is 16. The number of aliphatic hydroxyl groups is 1. The van der Waals surface area contributed by atoms with Crippen molar-refractivity contribution in [3.63, 3.8) is 0 Å². The Morgan fingerprint density at radius 2 is 1.00 bits per heavy atom. The molecule has 0 aliphatic heterocycles. The second-order valence-corrected chi connectivity index (χ2v) is 8.81. The molecule has 0 aliphatic carbocycles. The molecule has 0 aliphatic rings. The first-order chi connectivity index (χ1) is 17.1. The van der Waals surface area contributed by atoms with Crippen molar-refractivity contribution in [2.75, 3.05) is 30.5 Å². The molecule has 0 amide bonds. The number of anilines is 2. The summed E-state index contributed by atoms with van der Waals surface area (Å²) in [5.41, 5.74) is 1.82. The maximum absolute atomic E-state index is 8.57. The molecule has 0 heterocycles. The van der Waals surface area contributed by atoms with E-state index in [1.165, 1.54) is 57.8 Å². The van der Waals surface area contributed by atoms with Crippen molar-refractivity contribution >= 4 is 28.7 Å². The van der Waals surface area contributed by atoms with Gasteiger partial charge in [0.25, 0.3) is 0 Å². The molecular formula is C29H46N2O3S. The van der Waals surface area contributed by atoms with Crippen molar-refractivity contribution < 1.29 is 14.6 Å². The van der Waals surface area contributed by atoms with Gasteiger partial charge in [-0.3, -0.25) is 0 Å². The Bertz CT molecular complexity index is 703. The summed E-state index contributed by atoms with van der Waals surface area (Å²) in [6, 6.07) is 15.3. The molecule has 0 saturated heterocycles. The third kappa shape index (κ3) is 16.1. The molecule has 0 aromatic heterocycles. The van der Waals surface area contributed by atoms with Crippen molar-refractivity contribution in [2.45, 2.75) is 85.0 Å². The van der Waals surface area contributed by atoms with Crippen molar-refractivity contribution in [1.29, 1.82) is 0 Å². The van der Waals surface area contributed by atoms with Crippen LogP contribution in [-0.4, -0.2) is 30.0 Å². The lowest BCUT2D eigenvalue weighted by atomic mass is 10.1. The summed E-state index contributed by atoms with van der Waals surface area (Å²) in [6.45, 7) is 7.87. The first-order valence-electron chi connectivity index (χ1n) is 13.3. The van der Waals surface area contributed by atoms with Crippen LogP contribution in [0.2, 0.25) is 0 Å². The Morgan fingerprint density at radius 1 is 0.629 bits per heavy atom. The topological polar surface area (TPSA) is 62.8 Å². The molecule has 0 fully saturated rings. The zero-order valence-corrected chi connectivity index (χ0v) is 22.8. The van der Waals surface area contributed by atoms with Crippen LogP contribution in [0.25, 0.3) is 0 Å². The SMILES string of the molecule is CCCCCCCCCCCCO.CCOc1ccc(NC(=S)Nc2ccc(OCC)cc2)cc1. The van der Waals surface area contributed by atoms with Crippen LogP contribution >= 0.6 is 12.2 Å². The van der Waals surface area contributed by atoms with E-state index in [1.54, 1.807) is 0 Å². The second-order valence-electron chi connectivity index (χ2n) is 8.40. The number of thiocarbonyl (C=S) groups is 1. The van der Waals surface area contributed by atoms with Gasteiger partial charge in [0.15, 0.2) is 5.11 Å². The average molecular weight is 503 g/mol. The third-order valence-electron chi connectivity index (χ3n) is 5.36. The molecule has 0 saturated carbocycles. The molecule has 5 nitrogen and oxygen atoms in total. The highest BCUT2D eigenvalue weighted by molar-refractivity contribution is 7.80. The van der Waals surface area contributed by atoms with E-state index in [0.29, 0.717) is 24.9 Å². The average Bonchev–Trinajstić information content (AvgIpc) is 2.86. The first-order valence-corrected chi connectivity index (χ1v) is 13.7. The summed E-state index contributed by atoms with van der Waals surface area (Å²) in [5.74, 6) is 1.69. The van der Waals surface area contributed by atoms with Gasteiger partial charge >= 0.3 is 0 Å². The van der Waals surface area contributed by atoms with Gasteiger partial charge in [-0.15, -0.1) is 0 Å². The van der Waals surface area contributed by atoms with Gasteiger partial charge in [0, 0.05) is 18.0 Å². The van der Waals surface area contributed by atoms with E-state index in [9.17, 15) is 0 Å². The van der Waals surface area contributed by atoms with Gasteiger partial charge in [0.05, 0.1) is 13.2 Å². The molecule has 196 valence electrons. The van der Waals surface area contributed by atoms with Crippen LogP contribution in [0, 0.1) is 0 Å². The van der Waals surface area contributed by atoms with Crippen LogP contribution in [0.1, 0.15) is 85.0 Å². The molecule has 35 heavy (non-hydrogen) atoms. The fourth-order valence-electron chi connectivity index (χ4n) is 3.50. The largest absolute Gasteiger partial charge is 0.494 e. The van der Waals surface area contributed by atoms with Crippen LogP contribution in [-0.2, 0) is 0 Å². The first kappa shape index (κ1) is 30.7. The van der Waals surface area contributed by atoms with Gasteiger partial charge in [-0.25, -0.2) is 0 Å². The molecule has 0 atom stereocenters. The Balaban J connectivity index is 0.000000405. The van der Waals surface area contributed by atoms with Crippen molar-refractivity contribution in [2.24, 2.45) is 0 Å². The minimum Gasteiger partial charge on any atom is -0.494 e. The van der Waals surface area contributed by atoms with Gasteiger partial charge < -0.3 is 25.2 Å². The number of ether oxygens (including phenoxy) is 2. The Labute approximate surface area is 218 Å². The molecule has 3 N–H and O–H groups in total. The molecule has 0 unspecified atom stereocenters. The number of nitrogens with one attached hydrogen (secondary N) is 2. The van der Waals surface area contributed by atoms with Gasteiger partial charge in [-0.05, 0) is 81.0 Å². The normalized spacial score (nSPS) is 10.2. The van der Waals surface area contributed by atoms with E-state index in [4.69, 9.17) is 26.8 Å². The van der Waals surface area contributed by atoms with Crippen LogP contribution in [0.3, 0.4) is 0 Å². The quantitative estimate of drug-likeness (QED) is 0.159. The molecule has 0 bridgehead atoms. The monoisotopic (exact) mass is 502 g/mol. The highest BCUT2D eigenvalue weighted by Gasteiger charge is 2.00. The van der Waals surface area contributed by atoms with Gasteiger partial charge in [-0.2, -0.15) is 0 Å². The molecule has 2 rings (SSSR count). The van der Waals surface area contributed by atoms with Crippen molar-refractivity contribution in [3.8, 4) is 11.5 Å². The zero-order chi connectivity index (χ0) is 25.6. The summed E-state index contributed by atoms with van der Waals surface area (Å²) in [5, 5.41) is 15.4. The standard InChI is InChI=1S/C17H20N2O2S.C12H26O/c1-3-20-15-9-5-13(6-10-15)18-17(22)19-14-7-11-16(12-8-14)21-4-2;1-2-3-4-5-6-7-8-9-10-11-12-13/h5-12H,3-4H2,1-2H3,(H2,18,19,22);13H,2-12H2,1H3. The lowest BCUT2D eigenvalue weighted by Gasteiger charge is -2.12. The van der Waals surface area contributed by atoms with Crippen LogP contribution in [0.4, 0.5) is 11.4 Å². The minimum atomic E-state index is 0.372. The maximum atomic E-state index is 8.57. The fourth-order valence-corrected chi connectivity index (χ4v) is 3.73. The maximum Gasteiger partial charge on any atom is 0.175 e. The lowest BCUT2D eigenvalue weighted by Crippen LogP contribution is -2.18. The predicted molar refractivity (Wildman–Crippen MR) is 154 cm³/mol. The smallest absolute Gasteiger partial charge is 0.175 e. The van der Waals surface area contributed by atoms with Crippen LogP contribution < -0.4 is 20.1 Å². The van der Waals surface area contributed by atoms with E-state index in [-0.39, 0.29) is 0 Å². The molecule has 0 spiro atoms. The summed E-state index contributed by atoms with van der Waals surface area (Å²) >= 11 is 5.30. The lowest BCUT2D eigenvalue weighted by molar-refractivity contribution is 0.282. The van der Waals surface area contributed by atoms with E-state index in [2.05, 4.69) is 17.6 Å². The van der Waals surface area contributed by atoms with Crippen molar-refractivity contribution in [3.05, 3.63) is 48.5 Å². The highest BCUT2D eigenvalue weighted by atomic mass is 32.1. The Kier molecular flexibility index (Phi) is 18.4. The molecule has 2 aromatic carbocycles. The predicted octanol–water partition coefficient (Wildman–Crippen LogP) is 8.19. The number of aliphatic hydroxyl groups excluding tert-OH is 1. The van der Waals surface area contributed by atoms with Crippen molar-refractivity contribution in [1.82, 2.24) is 0 Å². The number of hydrogen-bond acceptors (Lipinski definition) is 4.